The Morgan fingerprint density at radius 1 is 0.545 bits per heavy atom. The summed E-state index contributed by atoms with van der Waals surface area (Å²) in [5.41, 5.74) is 5.53. The molecule has 33 heavy (non-hydrogen) atoms. The van der Waals surface area contributed by atoms with Gasteiger partial charge in [0.1, 0.15) is 6.23 Å². The Balaban J connectivity index is 3.61. The average molecular weight is 472 g/mol. The third-order valence-corrected chi connectivity index (χ3v) is 6.58. The third-order valence-electron chi connectivity index (χ3n) is 6.58. The van der Waals surface area contributed by atoms with Crippen LogP contribution in [0.15, 0.2) is 0 Å². The highest BCUT2D eigenvalue weighted by Crippen LogP contribution is 2.13. The topological polar surface area (TPSA) is 64.7 Å². The van der Waals surface area contributed by atoms with E-state index < -0.39 is 6.23 Å². The Morgan fingerprint density at radius 2 is 0.939 bits per heavy atom. The first kappa shape index (κ1) is 32.8. The molecule has 0 aliphatic heterocycles. The van der Waals surface area contributed by atoms with Crippen LogP contribution in [0.25, 0.3) is 0 Å². The van der Waals surface area contributed by atoms with Gasteiger partial charge in [0.15, 0.2) is 0 Å². The molecule has 0 aromatic carbocycles. The maximum atomic E-state index is 9.42. The Hall–Kier alpha value is -0.160. The smallest absolute Gasteiger partial charge is 0.102 e. The van der Waals surface area contributed by atoms with Gasteiger partial charge in [-0.05, 0) is 25.7 Å². The molecule has 3 N–H and O–H groups in total. The first-order valence-electron chi connectivity index (χ1n) is 14.8. The molecule has 0 aliphatic carbocycles. The maximum Gasteiger partial charge on any atom is 0.102 e. The van der Waals surface area contributed by atoms with Gasteiger partial charge in [0, 0.05) is 13.2 Å². The summed E-state index contributed by atoms with van der Waals surface area (Å²) < 4.78 is 12.0. The summed E-state index contributed by atoms with van der Waals surface area (Å²) in [4.78, 5) is 0. The fourth-order valence-corrected chi connectivity index (χ4v) is 4.32. The lowest BCUT2D eigenvalue weighted by Gasteiger charge is -2.19. The van der Waals surface area contributed by atoms with Crippen LogP contribution in [-0.2, 0) is 9.47 Å². The SMILES string of the molecule is CCCCCCCCCCCCOCC(CCC(N)O)OCCCCCCCCCCCC. The zero-order valence-corrected chi connectivity index (χ0v) is 22.7. The highest BCUT2D eigenvalue weighted by atomic mass is 16.5. The zero-order valence-electron chi connectivity index (χ0n) is 22.7. The molecule has 0 saturated heterocycles. The van der Waals surface area contributed by atoms with Crippen molar-refractivity contribution in [1.82, 2.24) is 0 Å². The summed E-state index contributed by atoms with van der Waals surface area (Å²) in [5, 5.41) is 9.42. The highest BCUT2D eigenvalue weighted by Gasteiger charge is 2.11. The van der Waals surface area contributed by atoms with Crippen LogP contribution in [0.2, 0.25) is 0 Å². The molecule has 0 aliphatic rings. The van der Waals surface area contributed by atoms with E-state index in [1.807, 2.05) is 0 Å². The average Bonchev–Trinajstić information content (AvgIpc) is 2.81. The number of hydrogen-bond donors (Lipinski definition) is 2. The van der Waals surface area contributed by atoms with Gasteiger partial charge in [0.05, 0.1) is 12.7 Å². The predicted molar refractivity (Wildman–Crippen MR) is 144 cm³/mol. The van der Waals surface area contributed by atoms with E-state index in [2.05, 4.69) is 13.8 Å². The van der Waals surface area contributed by atoms with Crippen molar-refractivity contribution in [3.63, 3.8) is 0 Å². The van der Waals surface area contributed by atoms with Crippen molar-refractivity contribution in [2.75, 3.05) is 19.8 Å². The van der Waals surface area contributed by atoms with Crippen molar-refractivity contribution >= 4 is 0 Å². The van der Waals surface area contributed by atoms with Gasteiger partial charge in [-0.3, -0.25) is 0 Å². The van der Waals surface area contributed by atoms with E-state index in [4.69, 9.17) is 15.2 Å². The summed E-state index contributed by atoms with van der Waals surface area (Å²) in [6.45, 7) is 6.79. The van der Waals surface area contributed by atoms with E-state index >= 15 is 0 Å². The van der Waals surface area contributed by atoms with Crippen molar-refractivity contribution in [2.24, 2.45) is 5.73 Å². The molecule has 0 amide bonds. The Kier molecular flexibility index (Phi) is 27.9. The van der Waals surface area contributed by atoms with Crippen LogP contribution in [0.5, 0.6) is 0 Å². The summed E-state index contributed by atoms with van der Waals surface area (Å²) in [6.07, 6.45) is 27.5. The van der Waals surface area contributed by atoms with Crippen molar-refractivity contribution in [1.29, 1.82) is 0 Å². The fourth-order valence-electron chi connectivity index (χ4n) is 4.32. The second-order valence-corrected chi connectivity index (χ2v) is 10.1. The van der Waals surface area contributed by atoms with Crippen molar-refractivity contribution < 1.29 is 14.6 Å². The summed E-state index contributed by atoms with van der Waals surface area (Å²) >= 11 is 0. The summed E-state index contributed by atoms with van der Waals surface area (Å²) in [5.74, 6) is 0. The summed E-state index contributed by atoms with van der Waals surface area (Å²) in [7, 11) is 0. The van der Waals surface area contributed by atoms with Crippen LogP contribution in [0.1, 0.15) is 155 Å². The molecule has 2 atom stereocenters. The quantitative estimate of drug-likeness (QED) is 0.0889. The van der Waals surface area contributed by atoms with Crippen LogP contribution in [-0.4, -0.2) is 37.3 Å². The number of ether oxygens (including phenoxy) is 2. The molecule has 0 aromatic rings. The standard InChI is InChI=1S/C29H61NO3/c1-3-5-7-9-11-13-15-17-19-21-25-32-27-28(23-24-29(30)31)33-26-22-20-18-16-14-12-10-8-6-4-2/h28-29,31H,3-27,30H2,1-2H3. The molecule has 0 rings (SSSR count). The number of hydrogen-bond acceptors (Lipinski definition) is 4. The predicted octanol–water partition coefficient (Wildman–Crippen LogP) is 8.29. The Morgan fingerprint density at radius 3 is 1.36 bits per heavy atom. The van der Waals surface area contributed by atoms with Crippen LogP contribution >= 0.6 is 0 Å². The van der Waals surface area contributed by atoms with E-state index in [1.54, 1.807) is 0 Å². The van der Waals surface area contributed by atoms with Crippen LogP contribution in [0, 0.1) is 0 Å². The molecule has 200 valence electrons. The molecule has 4 heteroatoms. The first-order chi connectivity index (χ1) is 16.2. The minimum Gasteiger partial charge on any atom is -0.379 e. The molecule has 0 bridgehead atoms. The third kappa shape index (κ3) is 28.0. The van der Waals surface area contributed by atoms with Gasteiger partial charge >= 0.3 is 0 Å². The largest absolute Gasteiger partial charge is 0.379 e. The monoisotopic (exact) mass is 471 g/mol. The number of unbranched alkanes of at least 4 members (excludes halogenated alkanes) is 18. The first-order valence-corrected chi connectivity index (χ1v) is 14.8. The van der Waals surface area contributed by atoms with Gasteiger partial charge in [-0.15, -0.1) is 0 Å². The lowest BCUT2D eigenvalue weighted by atomic mass is 10.1. The highest BCUT2D eigenvalue weighted by molar-refractivity contribution is 4.60. The van der Waals surface area contributed by atoms with Crippen LogP contribution in [0.3, 0.4) is 0 Å². The van der Waals surface area contributed by atoms with Crippen molar-refractivity contribution in [3.8, 4) is 0 Å². The van der Waals surface area contributed by atoms with Crippen molar-refractivity contribution in [2.45, 2.75) is 167 Å². The van der Waals surface area contributed by atoms with Gasteiger partial charge in [0.25, 0.3) is 0 Å². The van der Waals surface area contributed by atoms with Crippen LogP contribution in [0.4, 0.5) is 0 Å². The van der Waals surface area contributed by atoms with Gasteiger partial charge in [-0.1, -0.05) is 129 Å². The van der Waals surface area contributed by atoms with E-state index in [9.17, 15) is 5.11 Å². The second kappa shape index (κ2) is 28.1. The Bertz CT molecular complexity index is 352. The molecule has 4 nitrogen and oxygen atoms in total. The van der Waals surface area contributed by atoms with Gasteiger partial charge in [-0.2, -0.15) is 0 Å². The molecular formula is C29H61NO3. The number of aliphatic hydroxyl groups excluding tert-OH is 1. The lowest BCUT2D eigenvalue weighted by molar-refractivity contribution is -0.0280. The molecule has 2 unspecified atom stereocenters. The fraction of sp³-hybridized carbons (Fsp3) is 1.00. The number of nitrogens with two attached hydrogens (primary N) is 1. The molecule has 0 saturated carbocycles. The van der Waals surface area contributed by atoms with E-state index in [1.165, 1.54) is 116 Å². The minimum absolute atomic E-state index is 0.0601. The molecule has 0 spiro atoms. The number of rotatable bonds is 28. The Labute approximate surface area is 207 Å². The second-order valence-electron chi connectivity index (χ2n) is 10.1. The maximum absolute atomic E-state index is 9.42. The van der Waals surface area contributed by atoms with E-state index in [0.717, 1.165) is 32.5 Å². The van der Waals surface area contributed by atoms with Crippen LogP contribution < -0.4 is 5.73 Å². The molecule has 0 heterocycles. The molecule has 0 aromatic heterocycles. The molecule has 0 fully saturated rings. The summed E-state index contributed by atoms with van der Waals surface area (Å²) in [6, 6.07) is 0. The van der Waals surface area contributed by atoms with E-state index in [-0.39, 0.29) is 6.10 Å². The minimum atomic E-state index is -0.754. The van der Waals surface area contributed by atoms with Gasteiger partial charge in [0.2, 0.25) is 0 Å². The van der Waals surface area contributed by atoms with E-state index in [0.29, 0.717) is 13.0 Å². The lowest BCUT2D eigenvalue weighted by Crippen LogP contribution is -2.26. The molecular weight excluding hydrogens is 410 g/mol. The number of aliphatic hydroxyl groups is 1. The normalized spacial score (nSPS) is 13.5. The van der Waals surface area contributed by atoms with Crippen molar-refractivity contribution in [3.05, 3.63) is 0 Å². The van der Waals surface area contributed by atoms with Gasteiger partial charge in [-0.25, -0.2) is 0 Å². The molecule has 0 radical (unpaired) electrons. The van der Waals surface area contributed by atoms with Gasteiger partial charge < -0.3 is 20.3 Å². The zero-order chi connectivity index (χ0) is 24.2.